The van der Waals surface area contributed by atoms with Crippen LogP contribution in [0.2, 0.25) is 0 Å². The molecule has 0 saturated carbocycles. The van der Waals surface area contributed by atoms with Crippen LogP contribution in [0.15, 0.2) is 12.2 Å². The molecule has 0 heterocycles. The van der Waals surface area contributed by atoms with Crippen LogP contribution in [0.3, 0.4) is 0 Å². The Labute approximate surface area is 112 Å². The van der Waals surface area contributed by atoms with E-state index in [2.05, 4.69) is 39.4 Å². The molecule has 0 aliphatic heterocycles. The summed E-state index contributed by atoms with van der Waals surface area (Å²) in [7, 11) is 4.21. The van der Waals surface area contributed by atoms with Gasteiger partial charge in [-0.15, -0.1) is 0 Å². The van der Waals surface area contributed by atoms with Crippen LogP contribution in [-0.4, -0.2) is 38.1 Å². The quantitative estimate of drug-likeness (QED) is 0.360. The number of ether oxygens (including phenoxy) is 1. The van der Waals surface area contributed by atoms with Crippen molar-refractivity contribution in [2.24, 2.45) is 5.41 Å². The molecule has 18 heavy (non-hydrogen) atoms. The predicted molar refractivity (Wildman–Crippen MR) is 76.6 cm³/mol. The van der Waals surface area contributed by atoms with Gasteiger partial charge in [-0.25, -0.2) is 4.79 Å². The maximum atomic E-state index is 11.2. The highest BCUT2D eigenvalue weighted by Crippen LogP contribution is 2.27. The molecule has 0 radical (unpaired) electrons. The first-order valence-electron chi connectivity index (χ1n) is 6.72. The number of hydrogen-bond donors (Lipinski definition) is 0. The lowest BCUT2D eigenvalue weighted by Gasteiger charge is -2.26. The van der Waals surface area contributed by atoms with Gasteiger partial charge in [0.05, 0.1) is 6.61 Å². The van der Waals surface area contributed by atoms with Gasteiger partial charge < -0.3 is 9.64 Å². The number of rotatable bonds is 9. The molecule has 0 bridgehead atoms. The minimum atomic E-state index is -0.276. The van der Waals surface area contributed by atoms with E-state index < -0.39 is 0 Å². The van der Waals surface area contributed by atoms with Crippen LogP contribution >= 0.6 is 0 Å². The Morgan fingerprint density at radius 3 is 2.33 bits per heavy atom. The summed E-state index contributed by atoms with van der Waals surface area (Å²) in [4.78, 5) is 13.4. The molecule has 106 valence electrons. The van der Waals surface area contributed by atoms with Crippen molar-refractivity contribution in [3.63, 3.8) is 0 Å². The van der Waals surface area contributed by atoms with Crippen molar-refractivity contribution in [3.8, 4) is 0 Å². The predicted octanol–water partition coefficient (Wildman–Crippen LogP) is 3.25. The Hall–Kier alpha value is -0.830. The van der Waals surface area contributed by atoms with Crippen molar-refractivity contribution in [1.82, 2.24) is 4.90 Å². The number of nitrogens with zero attached hydrogens (tertiary/aromatic N) is 1. The van der Waals surface area contributed by atoms with Crippen LogP contribution in [0.5, 0.6) is 0 Å². The molecule has 0 aromatic heterocycles. The van der Waals surface area contributed by atoms with Crippen LogP contribution in [-0.2, 0) is 9.53 Å². The van der Waals surface area contributed by atoms with Crippen molar-refractivity contribution >= 4 is 5.97 Å². The molecule has 0 spiro atoms. The van der Waals surface area contributed by atoms with E-state index in [1.54, 1.807) is 6.92 Å². The zero-order valence-electron chi connectivity index (χ0n) is 12.7. The smallest absolute Gasteiger partial charge is 0.333 e. The van der Waals surface area contributed by atoms with E-state index in [0.717, 1.165) is 19.4 Å². The van der Waals surface area contributed by atoms with Crippen molar-refractivity contribution in [1.29, 1.82) is 0 Å². The molecule has 0 N–H and O–H groups in total. The standard InChI is InChI=1S/C15H29NO2/c1-13(2)14(17)18-12-8-7-9-15(3,4)10-11-16(5)6/h1,7-12H2,2-6H3. The van der Waals surface area contributed by atoms with Crippen molar-refractivity contribution in [2.75, 3.05) is 27.2 Å². The molecule has 0 rings (SSSR count). The number of hydrogen-bond acceptors (Lipinski definition) is 3. The highest BCUT2D eigenvalue weighted by atomic mass is 16.5. The third kappa shape index (κ3) is 9.23. The summed E-state index contributed by atoms with van der Waals surface area (Å²) in [6.45, 7) is 11.5. The Balaban J connectivity index is 3.64. The van der Waals surface area contributed by atoms with E-state index in [4.69, 9.17) is 4.74 Å². The van der Waals surface area contributed by atoms with Gasteiger partial charge in [0.15, 0.2) is 0 Å². The molecule has 0 aromatic carbocycles. The summed E-state index contributed by atoms with van der Waals surface area (Å²) in [5, 5.41) is 0. The molecule has 0 saturated heterocycles. The number of unbranched alkanes of at least 4 members (excludes halogenated alkanes) is 1. The van der Waals surface area contributed by atoms with Crippen LogP contribution < -0.4 is 0 Å². The van der Waals surface area contributed by atoms with Gasteiger partial charge in [-0.2, -0.15) is 0 Å². The minimum absolute atomic E-state index is 0.276. The Kier molecular flexibility index (Phi) is 7.92. The maximum Gasteiger partial charge on any atom is 0.333 e. The molecule has 0 aromatic rings. The van der Waals surface area contributed by atoms with Crippen molar-refractivity contribution in [2.45, 2.75) is 46.5 Å². The van der Waals surface area contributed by atoms with E-state index in [9.17, 15) is 4.79 Å². The molecule has 0 unspecified atom stereocenters. The second-order valence-corrected chi connectivity index (χ2v) is 6.09. The van der Waals surface area contributed by atoms with E-state index in [-0.39, 0.29) is 5.97 Å². The first-order valence-corrected chi connectivity index (χ1v) is 6.72. The summed E-state index contributed by atoms with van der Waals surface area (Å²) in [6, 6.07) is 0. The lowest BCUT2D eigenvalue weighted by atomic mass is 9.84. The number of carbonyl (C=O) groups excluding carboxylic acids is 1. The summed E-state index contributed by atoms with van der Waals surface area (Å²) in [5.41, 5.74) is 0.837. The van der Waals surface area contributed by atoms with Crippen LogP contribution in [0.25, 0.3) is 0 Å². The van der Waals surface area contributed by atoms with E-state index in [0.29, 0.717) is 17.6 Å². The lowest BCUT2D eigenvalue weighted by Crippen LogP contribution is -2.21. The normalized spacial score (nSPS) is 11.7. The summed E-state index contributed by atoms with van der Waals surface area (Å²) in [6.07, 6.45) is 4.41. The van der Waals surface area contributed by atoms with Crippen molar-refractivity contribution < 1.29 is 9.53 Å². The number of carbonyl (C=O) groups is 1. The molecule has 3 heteroatoms. The average molecular weight is 255 g/mol. The zero-order valence-corrected chi connectivity index (χ0v) is 12.7. The van der Waals surface area contributed by atoms with Gasteiger partial charge in [0.2, 0.25) is 0 Å². The molecule has 0 amide bonds. The second kappa shape index (κ2) is 8.30. The van der Waals surface area contributed by atoms with Crippen LogP contribution in [0, 0.1) is 5.41 Å². The Bertz CT molecular complexity index is 270. The first kappa shape index (κ1) is 17.2. The topological polar surface area (TPSA) is 29.5 Å². The molecular weight excluding hydrogens is 226 g/mol. The zero-order chi connectivity index (χ0) is 14.2. The number of esters is 1. The maximum absolute atomic E-state index is 11.2. The summed E-state index contributed by atoms with van der Waals surface area (Å²) in [5.74, 6) is -0.276. The first-order chi connectivity index (χ1) is 8.24. The van der Waals surface area contributed by atoms with Gasteiger partial charge in [-0.3, -0.25) is 0 Å². The fraction of sp³-hybridized carbons (Fsp3) is 0.800. The van der Waals surface area contributed by atoms with Gasteiger partial charge >= 0.3 is 5.97 Å². The van der Waals surface area contributed by atoms with Crippen LogP contribution in [0.1, 0.15) is 46.5 Å². The fourth-order valence-corrected chi connectivity index (χ4v) is 1.64. The monoisotopic (exact) mass is 255 g/mol. The molecular formula is C15H29NO2. The average Bonchev–Trinajstić information content (AvgIpc) is 2.25. The van der Waals surface area contributed by atoms with E-state index in [1.165, 1.54) is 12.8 Å². The molecule has 0 fully saturated rings. The van der Waals surface area contributed by atoms with Crippen molar-refractivity contribution in [3.05, 3.63) is 12.2 Å². The molecule has 0 aliphatic rings. The third-order valence-electron chi connectivity index (χ3n) is 3.07. The highest BCUT2D eigenvalue weighted by Gasteiger charge is 2.17. The highest BCUT2D eigenvalue weighted by molar-refractivity contribution is 5.86. The third-order valence-corrected chi connectivity index (χ3v) is 3.07. The molecule has 0 aliphatic carbocycles. The van der Waals surface area contributed by atoms with E-state index >= 15 is 0 Å². The molecule has 0 atom stereocenters. The van der Waals surface area contributed by atoms with Gasteiger partial charge in [-0.1, -0.05) is 20.4 Å². The molecule has 3 nitrogen and oxygen atoms in total. The SMILES string of the molecule is C=C(C)C(=O)OCCCCC(C)(C)CCN(C)C. The lowest BCUT2D eigenvalue weighted by molar-refractivity contribution is -0.139. The largest absolute Gasteiger partial charge is 0.462 e. The van der Waals surface area contributed by atoms with Gasteiger partial charge in [0.25, 0.3) is 0 Å². The summed E-state index contributed by atoms with van der Waals surface area (Å²) < 4.78 is 5.07. The Morgan fingerprint density at radius 1 is 1.22 bits per heavy atom. The fourth-order valence-electron chi connectivity index (χ4n) is 1.64. The second-order valence-electron chi connectivity index (χ2n) is 6.09. The Morgan fingerprint density at radius 2 is 1.83 bits per heavy atom. The summed E-state index contributed by atoms with van der Waals surface area (Å²) >= 11 is 0. The van der Waals surface area contributed by atoms with Gasteiger partial charge in [-0.05, 0) is 58.7 Å². The van der Waals surface area contributed by atoms with Gasteiger partial charge in [0, 0.05) is 5.57 Å². The minimum Gasteiger partial charge on any atom is -0.462 e. The van der Waals surface area contributed by atoms with Gasteiger partial charge in [0.1, 0.15) is 0 Å². The van der Waals surface area contributed by atoms with Crippen LogP contribution in [0.4, 0.5) is 0 Å². The van der Waals surface area contributed by atoms with E-state index in [1.807, 2.05) is 0 Å².